The molecule has 0 spiro atoms. The number of anilines is 1. The van der Waals surface area contributed by atoms with Gasteiger partial charge in [-0.15, -0.1) is 0 Å². The lowest BCUT2D eigenvalue weighted by Crippen LogP contribution is -2.24. The van der Waals surface area contributed by atoms with E-state index >= 15 is 0 Å². The Labute approximate surface area is 191 Å². The third-order valence-electron chi connectivity index (χ3n) is 4.60. The van der Waals surface area contributed by atoms with Gasteiger partial charge < -0.3 is 19.2 Å². The quantitative estimate of drug-likeness (QED) is 0.470. The molecule has 2 aromatic carbocycles. The summed E-state index contributed by atoms with van der Waals surface area (Å²) < 4.78 is 40.9. The highest BCUT2D eigenvalue weighted by Gasteiger charge is 2.22. The number of hydrogen-bond donors (Lipinski definition) is 1. The molecule has 1 N–H and O–H groups in total. The minimum Gasteiger partial charge on any atom is -0.497 e. The molecule has 3 rings (SSSR count). The van der Waals surface area contributed by atoms with E-state index in [-0.39, 0.29) is 18.2 Å². The summed E-state index contributed by atoms with van der Waals surface area (Å²) in [6, 6.07) is 13.0. The minimum absolute atomic E-state index is 0.236. The first-order chi connectivity index (χ1) is 15.7. The molecule has 0 saturated heterocycles. The Morgan fingerprint density at radius 1 is 1.12 bits per heavy atom. The Morgan fingerprint density at radius 3 is 2.52 bits per heavy atom. The first-order valence-electron chi connectivity index (χ1n) is 10.1. The molecule has 0 radical (unpaired) electrons. The monoisotopic (exact) mass is 472 g/mol. The number of nitrogens with zero attached hydrogens (tertiary/aromatic N) is 1. The van der Waals surface area contributed by atoms with Gasteiger partial charge in [-0.3, -0.25) is 4.79 Å². The van der Waals surface area contributed by atoms with Crippen molar-refractivity contribution in [2.24, 2.45) is 0 Å². The number of nitrogens with one attached hydrogen (secondary N) is 1. The van der Waals surface area contributed by atoms with Crippen LogP contribution in [0.2, 0.25) is 0 Å². The van der Waals surface area contributed by atoms with Crippen molar-refractivity contribution >= 4 is 27.4 Å². The number of aromatic nitrogens is 1. The molecule has 0 unspecified atom stereocenters. The van der Waals surface area contributed by atoms with Gasteiger partial charge in [-0.2, -0.15) is 0 Å². The van der Waals surface area contributed by atoms with Crippen LogP contribution in [0.3, 0.4) is 0 Å². The van der Waals surface area contributed by atoms with E-state index in [9.17, 15) is 18.0 Å². The highest BCUT2D eigenvalue weighted by Crippen LogP contribution is 2.26. The summed E-state index contributed by atoms with van der Waals surface area (Å²) in [7, 11) is -2.28. The molecule has 0 aliphatic rings. The zero-order valence-corrected chi connectivity index (χ0v) is 19.3. The van der Waals surface area contributed by atoms with Gasteiger partial charge in [-0.1, -0.05) is 6.07 Å². The van der Waals surface area contributed by atoms with Crippen LogP contribution in [0.4, 0.5) is 5.69 Å². The summed E-state index contributed by atoms with van der Waals surface area (Å²) in [5.41, 5.74) is 1.57. The molecular formula is C23H24N2O7S. The molecule has 1 amide bonds. The molecule has 33 heavy (non-hydrogen) atoms. The van der Waals surface area contributed by atoms with Crippen molar-refractivity contribution in [3.8, 4) is 17.2 Å². The number of sulfone groups is 1. The predicted molar refractivity (Wildman–Crippen MR) is 122 cm³/mol. The van der Waals surface area contributed by atoms with Crippen LogP contribution in [0.1, 0.15) is 28.7 Å². The van der Waals surface area contributed by atoms with Gasteiger partial charge in [0.25, 0.3) is 0 Å². The highest BCUT2D eigenvalue weighted by atomic mass is 32.2. The van der Waals surface area contributed by atoms with Crippen molar-refractivity contribution in [1.82, 2.24) is 4.98 Å². The molecule has 0 bridgehead atoms. The summed E-state index contributed by atoms with van der Waals surface area (Å²) in [5, 5.41) is 2.51. The maximum atomic E-state index is 12.6. The fourth-order valence-corrected chi connectivity index (χ4v) is 4.26. The minimum atomic E-state index is -3.82. The van der Waals surface area contributed by atoms with E-state index in [2.05, 4.69) is 10.3 Å². The van der Waals surface area contributed by atoms with E-state index in [4.69, 9.17) is 13.9 Å². The number of hydrogen-bond acceptors (Lipinski definition) is 8. The fourth-order valence-electron chi connectivity index (χ4n) is 3.00. The van der Waals surface area contributed by atoms with Crippen molar-refractivity contribution in [3.63, 3.8) is 0 Å². The van der Waals surface area contributed by atoms with Crippen LogP contribution in [0.5, 0.6) is 5.75 Å². The second-order valence-electron chi connectivity index (χ2n) is 7.13. The van der Waals surface area contributed by atoms with E-state index in [1.54, 1.807) is 38.1 Å². The summed E-state index contributed by atoms with van der Waals surface area (Å²) in [4.78, 5) is 28.3. The number of carbonyl (C=O) groups is 2. The van der Waals surface area contributed by atoms with E-state index in [0.29, 0.717) is 28.3 Å². The number of esters is 1. The number of amides is 1. The SMILES string of the molecule is CCOC(=O)c1ccc(NC(=O)CS(=O)(=O)Cc2nc(-c3cccc(OC)c3)oc2C)cc1. The van der Waals surface area contributed by atoms with E-state index in [0.717, 1.165) is 0 Å². The van der Waals surface area contributed by atoms with Crippen molar-refractivity contribution in [2.45, 2.75) is 19.6 Å². The molecule has 0 aliphatic carbocycles. The highest BCUT2D eigenvalue weighted by molar-refractivity contribution is 7.91. The lowest BCUT2D eigenvalue weighted by Gasteiger charge is -2.07. The van der Waals surface area contributed by atoms with Gasteiger partial charge in [-0.05, 0) is 56.3 Å². The van der Waals surface area contributed by atoms with Gasteiger partial charge in [0, 0.05) is 11.3 Å². The van der Waals surface area contributed by atoms with E-state index in [1.165, 1.54) is 31.4 Å². The Bertz CT molecular complexity index is 1250. The molecule has 0 atom stereocenters. The average molecular weight is 473 g/mol. The number of ether oxygens (including phenoxy) is 2. The Hall–Kier alpha value is -3.66. The maximum absolute atomic E-state index is 12.6. The van der Waals surface area contributed by atoms with Gasteiger partial charge in [0.1, 0.15) is 17.3 Å². The zero-order chi connectivity index (χ0) is 24.0. The lowest BCUT2D eigenvalue weighted by atomic mass is 10.2. The van der Waals surface area contributed by atoms with Crippen LogP contribution in [0.25, 0.3) is 11.5 Å². The van der Waals surface area contributed by atoms with Gasteiger partial charge in [0.05, 0.1) is 30.7 Å². The fraction of sp³-hybridized carbons (Fsp3) is 0.261. The molecule has 1 heterocycles. The Balaban J connectivity index is 1.64. The maximum Gasteiger partial charge on any atom is 0.338 e. The zero-order valence-electron chi connectivity index (χ0n) is 18.5. The van der Waals surface area contributed by atoms with Crippen LogP contribution in [0.15, 0.2) is 52.9 Å². The standard InChI is InChI=1S/C23H24N2O7S/c1-4-31-23(27)16-8-10-18(11-9-16)24-21(26)14-33(28,29)13-20-15(2)32-22(25-20)17-6-5-7-19(12-17)30-3/h5-12H,4,13-14H2,1-3H3,(H,24,26). The van der Waals surface area contributed by atoms with Gasteiger partial charge in [-0.25, -0.2) is 18.2 Å². The number of benzene rings is 2. The Morgan fingerprint density at radius 2 is 1.85 bits per heavy atom. The molecular weight excluding hydrogens is 448 g/mol. The first-order valence-corrected chi connectivity index (χ1v) is 11.9. The van der Waals surface area contributed by atoms with E-state index < -0.39 is 33.2 Å². The van der Waals surface area contributed by atoms with Crippen LogP contribution < -0.4 is 10.1 Å². The molecule has 1 aromatic heterocycles. The Kier molecular flexibility index (Phi) is 7.49. The molecule has 9 nitrogen and oxygen atoms in total. The van der Waals surface area contributed by atoms with Gasteiger partial charge >= 0.3 is 5.97 Å². The van der Waals surface area contributed by atoms with Crippen LogP contribution in [-0.4, -0.2) is 44.7 Å². The largest absolute Gasteiger partial charge is 0.497 e. The second-order valence-corrected chi connectivity index (χ2v) is 9.20. The smallest absolute Gasteiger partial charge is 0.338 e. The van der Waals surface area contributed by atoms with E-state index in [1.807, 2.05) is 0 Å². The molecule has 0 aliphatic heterocycles. The summed E-state index contributed by atoms with van der Waals surface area (Å²) >= 11 is 0. The summed E-state index contributed by atoms with van der Waals surface area (Å²) in [5.74, 6) is -1.12. The number of carbonyl (C=O) groups excluding carboxylic acids is 2. The molecule has 10 heteroatoms. The normalized spacial score (nSPS) is 11.1. The number of methoxy groups -OCH3 is 1. The topological polar surface area (TPSA) is 125 Å². The first kappa shape index (κ1) is 24.0. The molecule has 0 saturated carbocycles. The molecule has 174 valence electrons. The third-order valence-corrected chi connectivity index (χ3v) is 6.01. The summed E-state index contributed by atoms with van der Waals surface area (Å²) in [6.45, 7) is 3.57. The average Bonchev–Trinajstić information content (AvgIpc) is 3.13. The van der Waals surface area contributed by atoms with Crippen LogP contribution >= 0.6 is 0 Å². The third kappa shape index (κ3) is 6.42. The lowest BCUT2D eigenvalue weighted by molar-refractivity contribution is -0.113. The van der Waals surface area contributed by atoms with Crippen LogP contribution in [-0.2, 0) is 25.1 Å². The van der Waals surface area contributed by atoms with Crippen LogP contribution in [0, 0.1) is 6.92 Å². The number of aryl methyl sites for hydroxylation is 1. The van der Waals surface area contributed by atoms with Crippen molar-refractivity contribution < 1.29 is 31.9 Å². The predicted octanol–water partition coefficient (Wildman–Crippen LogP) is 3.39. The number of oxazole rings is 1. The van der Waals surface area contributed by atoms with Crippen molar-refractivity contribution in [2.75, 3.05) is 24.8 Å². The number of rotatable bonds is 9. The molecule has 3 aromatic rings. The summed E-state index contributed by atoms with van der Waals surface area (Å²) in [6.07, 6.45) is 0. The molecule has 0 fully saturated rings. The van der Waals surface area contributed by atoms with Crippen molar-refractivity contribution in [1.29, 1.82) is 0 Å². The van der Waals surface area contributed by atoms with Gasteiger partial charge in [0.15, 0.2) is 9.84 Å². The second kappa shape index (κ2) is 10.3. The van der Waals surface area contributed by atoms with Crippen molar-refractivity contribution in [3.05, 3.63) is 65.5 Å². The van der Waals surface area contributed by atoms with Gasteiger partial charge in [0.2, 0.25) is 11.8 Å².